The predicted molar refractivity (Wildman–Crippen MR) is 69.4 cm³/mol. The van der Waals surface area contributed by atoms with Crippen LogP contribution in [0.2, 0.25) is 0 Å². The molecule has 0 aromatic heterocycles. The smallest absolute Gasteiger partial charge is 0.328 e. The summed E-state index contributed by atoms with van der Waals surface area (Å²) in [5, 5.41) is 20.4. The van der Waals surface area contributed by atoms with Crippen LogP contribution in [0.25, 0.3) is 0 Å². The fourth-order valence-corrected chi connectivity index (χ4v) is 2.09. The van der Waals surface area contributed by atoms with E-state index in [1.807, 2.05) is 6.92 Å². The minimum Gasteiger partial charge on any atom is -0.480 e. The zero-order valence-corrected chi connectivity index (χ0v) is 11.6. The van der Waals surface area contributed by atoms with Crippen molar-refractivity contribution in [2.24, 2.45) is 0 Å². The monoisotopic (exact) mass is 315 g/mol. The standard InChI is InChI=1S/C12H14BrNO4/c1-6-3-4-8(9(13)5-6)11(16)14-10(7(2)15)12(17)18/h3-5,7,10,15H,1-2H3,(H,14,16)(H,17,18). The van der Waals surface area contributed by atoms with E-state index < -0.39 is 24.0 Å². The Bertz CT molecular complexity index is 473. The maximum absolute atomic E-state index is 11.9. The van der Waals surface area contributed by atoms with Crippen molar-refractivity contribution in [3.8, 4) is 0 Å². The fourth-order valence-electron chi connectivity index (χ4n) is 1.41. The van der Waals surface area contributed by atoms with Crippen LogP contribution in [0.4, 0.5) is 0 Å². The first-order valence-corrected chi connectivity index (χ1v) is 6.10. The van der Waals surface area contributed by atoms with Gasteiger partial charge in [0.15, 0.2) is 6.04 Å². The van der Waals surface area contributed by atoms with Crippen LogP contribution in [0.5, 0.6) is 0 Å². The number of carboxylic acid groups (broad SMARTS) is 1. The molecule has 1 aromatic rings. The third-order valence-corrected chi connectivity index (χ3v) is 3.06. The zero-order valence-electron chi connectivity index (χ0n) is 9.98. The molecule has 0 saturated carbocycles. The first-order valence-electron chi connectivity index (χ1n) is 5.31. The van der Waals surface area contributed by atoms with Crippen LogP contribution >= 0.6 is 15.9 Å². The minimum absolute atomic E-state index is 0.326. The number of amides is 1. The molecule has 2 atom stereocenters. The summed E-state index contributed by atoms with van der Waals surface area (Å²) in [6, 6.07) is 3.77. The van der Waals surface area contributed by atoms with Gasteiger partial charge >= 0.3 is 5.97 Å². The average Bonchev–Trinajstić information content (AvgIpc) is 2.24. The number of carboxylic acids is 1. The first-order chi connectivity index (χ1) is 8.32. The van der Waals surface area contributed by atoms with E-state index >= 15 is 0 Å². The number of nitrogens with one attached hydrogen (secondary N) is 1. The van der Waals surface area contributed by atoms with E-state index in [2.05, 4.69) is 21.2 Å². The van der Waals surface area contributed by atoms with E-state index in [0.717, 1.165) is 5.56 Å². The van der Waals surface area contributed by atoms with Gasteiger partial charge in [-0.25, -0.2) is 4.79 Å². The highest BCUT2D eigenvalue weighted by Gasteiger charge is 2.26. The number of aliphatic hydroxyl groups is 1. The van der Waals surface area contributed by atoms with E-state index in [4.69, 9.17) is 5.11 Å². The Morgan fingerprint density at radius 3 is 2.44 bits per heavy atom. The van der Waals surface area contributed by atoms with Gasteiger partial charge in [0.1, 0.15) is 0 Å². The molecule has 0 aliphatic carbocycles. The molecule has 6 heteroatoms. The number of carbonyl (C=O) groups is 2. The van der Waals surface area contributed by atoms with E-state index in [-0.39, 0.29) is 0 Å². The molecule has 0 aliphatic rings. The maximum Gasteiger partial charge on any atom is 0.328 e. The summed E-state index contributed by atoms with van der Waals surface area (Å²) in [6.07, 6.45) is -1.17. The van der Waals surface area contributed by atoms with Gasteiger partial charge in [-0.3, -0.25) is 4.79 Å². The third-order valence-electron chi connectivity index (χ3n) is 2.40. The van der Waals surface area contributed by atoms with E-state index in [0.29, 0.717) is 10.0 Å². The normalized spacial score (nSPS) is 13.8. The highest BCUT2D eigenvalue weighted by atomic mass is 79.9. The molecule has 1 aromatic carbocycles. The molecule has 18 heavy (non-hydrogen) atoms. The molecule has 5 nitrogen and oxygen atoms in total. The number of aliphatic hydroxyl groups excluding tert-OH is 1. The SMILES string of the molecule is Cc1ccc(C(=O)NC(C(=O)O)C(C)O)c(Br)c1. The highest BCUT2D eigenvalue weighted by Crippen LogP contribution is 2.18. The summed E-state index contributed by atoms with van der Waals surface area (Å²) in [5.41, 5.74) is 1.30. The van der Waals surface area contributed by atoms with Crippen molar-refractivity contribution >= 4 is 27.8 Å². The van der Waals surface area contributed by atoms with Gasteiger partial charge < -0.3 is 15.5 Å². The second kappa shape index (κ2) is 5.97. The summed E-state index contributed by atoms with van der Waals surface area (Å²) >= 11 is 3.24. The second-order valence-corrected chi connectivity index (χ2v) is 4.87. The van der Waals surface area contributed by atoms with E-state index in [9.17, 15) is 14.7 Å². The Kier molecular flexibility index (Phi) is 4.86. The van der Waals surface area contributed by atoms with Gasteiger partial charge in [-0.1, -0.05) is 6.07 Å². The van der Waals surface area contributed by atoms with Crippen molar-refractivity contribution in [2.75, 3.05) is 0 Å². The lowest BCUT2D eigenvalue weighted by Gasteiger charge is -2.17. The van der Waals surface area contributed by atoms with Gasteiger partial charge in [-0.2, -0.15) is 0 Å². The molecule has 3 N–H and O–H groups in total. The molecule has 98 valence electrons. The van der Waals surface area contributed by atoms with Crippen molar-refractivity contribution < 1.29 is 19.8 Å². The first kappa shape index (κ1) is 14.7. The summed E-state index contributed by atoms with van der Waals surface area (Å²) in [6.45, 7) is 3.19. The van der Waals surface area contributed by atoms with Crippen molar-refractivity contribution in [2.45, 2.75) is 26.0 Å². The third kappa shape index (κ3) is 3.54. The number of aryl methyl sites for hydroxylation is 1. The number of hydrogen-bond acceptors (Lipinski definition) is 3. The van der Waals surface area contributed by atoms with Crippen LogP contribution < -0.4 is 5.32 Å². The molecule has 0 aliphatic heterocycles. The number of benzene rings is 1. The zero-order chi connectivity index (χ0) is 13.9. The Morgan fingerprint density at radius 2 is 2.00 bits per heavy atom. The van der Waals surface area contributed by atoms with Gasteiger partial charge in [0.2, 0.25) is 0 Å². The molecule has 0 spiro atoms. The van der Waals surface area contributed by atoms with Gasteiger partial charge in [0.05, 0.1) is 11.7 Å². The van der Waals surface area contributed by atoms with Crippen molar-refractivity contribution in [1.82, 2.24) is 5.32 Å². The van der Waals surface area contributed by atoms with Crippen molar-refractivity contribution in [3.05, 3.63) is 33.8 Å². The molecule has 2 unspecified atom stereocenters. The molecule has 1 amide bonds. The quantitative estimate of drug-likeness (QED) is 0.782. The van der Waals surface area contributed by atoms with Crippen LogP contribution in [-0.2, 0) is 4.79 Å². The summed E-state index contributed by atoms with van der Waals surface area (Å²) in [4.78, 5) is 22.7. The van der Waals surface area contributed by atoms with Crippen molar-refractivity contribution in [1.29, 1.82) is 0 Å². The highest BCUT2D eigenvalue weighted by molar-refractivity contribution is 9.10. The van der Waals surface area contributed by atoms with Gasteiger partial charge in [-0.15, -0.1) is 0 Å². The lowest BCUT2D eigenvalue weighted by Crippen LogP contribution is -2.47. The van der Waals surface area contributed by atoms with Crippen LogP contribution in [0, 0.1) is 6.92 Å². The lowest BCUT2D eigenvalue weighted by atomic mass is 10.1. The van der Waals surface area contributed by atoms with E-state index in [1.54, 1.807) is 18.2 Å². The number of halogens is 1. The Labute approximate surface area is 113 Å². The lowest BCUT2D eigenvalue weighted by molar-refractivity contribution is -0.141. The van der Waals surface area contributed by atoms with Gasteiger partial charge in [0.25, 0.3) is 5.91 Å². The number of carbonyl (C=O) groups excluding carboxylic acids is 1. The Balaban J connectivity index is 2.91. The average molecular weight is 316 g/mol. The van der Waals surface area contributed by atoms with Crippen molar-refractivity contribution in [3.63, 3.8) is 0 Å². The Morgan fingerprint density at radius 1 is 1.39 bits per heavy atom. The molecule has 0 bridgehead atoms. The number of rotatable bonds is 4. The van der Waals surface area contributed by atoms with Gasteiger partial charge in [-0.05, 0) is 47.5 Å². The van der Waals surface area contributed by atoms with Gasteiger partial charge in [0, 0.05) is 4.47 Å². The summed E-state index contributed by atoms with van der Waals surface area (Å²) < 4.78 is 0.578. The number of hydrogen-bond donors (Lipinski definition) is 3. The largest absolute Gasteiger partial charge is 0.480 e. The minimum atomic E-state index is -1.33. The number of aliphatic carboxylic acids is 1. The van der Waals surface area contributed by atoms with Crippen LogP contribution in [0.1, 0.15) is 22.8 Å². The predicted octanol–water partition coefficient (Wildman–Crippen LogP) is 1.32. The fraction of sp³-hybridized carbons (Fsp3) is 0.333. The van der Waals surface area contributed by atoms with Crippen LogP contribution in [-0.4, -0.2) is 34.2 Å². The molecule has 1 rings (SSSR count). The molecule has 0 heterocycles. The Hall–Kier alpha value is -1.40. The topological polar surface area (TPSA) is 86.6 Å². The molecular weight excluding hydrogens is 302 g/mol. The molecular formula is C12H14BrNO4. The maximum atomic E-state index is 11.9. The summed E-state index contributed by atoms with van der Waals surface area (Å²) in [5.74, 6) is -1.82. The second-order valence-electron chi connectivity index (χ2n) is 4.01. The van der Waals surface area contributed by atoms with Crippen LogP contribution in [0.3, 0.4) is 0 Å². The molecule has 0 radical (unpaired) electrons. The molecule has 0 fully saturated rings. The van der Waals surface area contributed by atoms with E-state index in [1.165, 1.54) is 6.92 Å². The van der Waals surface area contributed by atoms with Crippen LogP contribution in [0.15, 0.2) is 22.7 Å². The summed E-state index contributed by atoms with van der Waals surface area (Å²) in [7, 11) is 0. The molecule has 0 saturated heterocycles.